The fourth-order valence-corrected chi connectivity index (χ4v) is 2.57. The summed E-state index contributed by atoms with van der Waals surface area (Å²) in [5.41, 5.74) is 5.54. The Morgan fingerprint density at radius 3 is 2.33 bits per heavy atom. The first-order valence-electron chi connectivity index (χ1n) is 7.94. The molecule has 1 N–H and O–H groups in total. The van der Waals surface area contributed by atoms with E-state index in [2.05, 4.69) is 30.9 Å². The van der Waals surface area contributed by atoms with Gasteiger partial charge in [-0.05, 0) is 55.2 Å². The molecule has 0 spiro atoms. The van der Waals surface area contributed by atoms with E-state index < -0.39 is 0 Å². The molecule has 1 aliphatic carbocycles. The topological polar surface area (TPSA) is 23.9 Å². The van der Waals surface area contributed by atoms with Gasteiger partial charge in [0.15, 0.2) is 0 Å². The van der Waals surface area contributed by atoms with Gasteiger partial charge >= 0.3 is 0 Å². The summed E-state index contributed by atoms with van der Waals surface area (Å²) < 4.78 is 13.8. The molecule has 0 aromatic heterocycles. The van der Waals surface area contributed by atoms with E-state index in [1.54, 1.807) is 6.07 Å². The Hall–Kier alpha value is -2.92. The molecular formula is C22H18FN. The maximum absolute atomic E-state index is 13.8. The minimum Gasteiger partial charge on any atom is -0.308 e. The van der Waals surface area contributed by atoms with Crippen LogP contribution < -0.4 is 0 Å². The lowest BCUT2D eigenvalue weighted by atomic mass is 9.99. The van der Waals surface area contributed by atoms with Gasteiger partial charge in [0.1, 0.15) is 5.82 Å². The van der Waals surface area contributed by atoms with Crippen LogP contribution in [0.4, 0.5) is 4.39 Å². The van der Waals surface area contributed by atoms with Crippen molar-refractivity contribution in [3.8, 4) is 23.0 Å². The van der Waals surface area contributed by atoms with Crippen LogP contribution in [-0.2, 0) is 0 Å². The minimum atomic E-state index is -0.376. The van der Waals surface area contributed by atoms with Crippen molar-refractivity contribution in [1.29, 1.82) is 5.41 Å². The SMILES string of the molecule is CC1=CC=C(C#Cc2ccc(-c3ccc(C=N)c(F)c3)cc2)CC1. The third kappa shape index (κ3) is 3.70. The molecule has 0 amide bonds. The van der Waals surface area contributed by atoms with E-state index in [1.807, 2.05) is 30.3 Å². The van der Waals surface area contributed by atoms with Gasteiger partial charge in [0.2, 0.25) is 0 Å². The van der Waals surface area contributed by atoms with Crippen LogP contribution in [0.1, 0.15) is 30.9 Å². The smallest absolute Gasteiger partial charge is 0.132 e. The number of halogens is 1. The van der Waals surface area contributed by atoms with Gasteiger partial charge < -0.3 is 5.41 Å². The summed E-state index contributed by atoms with van der Waals surface area (Å²) in [5.74, 6) is 6.03. The Labute approximate surface area is 142 Å². The van der Waals surface area contributed by atoms with Gasteiger partial charge in [-0.2, -0.15) is 0 Å². The molecule has 118 valence electrons. The average Bonchev–Trinajstić information content (AvgIpc) is 2.61. The van der Waals surface area contributed by atoms with Crippen LogP contribution >= 0.6 is 0 Å². The van der Waals surface area contributed by atoms with E-state index in [0.717, 1.165) is 41.3 Å². The van der Waals surface area contributed by atoms with Gasteiger partial charge in [-0.3, -0.25) is 0 Å². The molecule has 0 heterocycles. The molecule has 3 rings (SSSR count). The van der Waals surface area contributed by atoms with Gasteiger partial charge in [-0.15, -0.1) is 0 Å². The Kier molecular flexibility index (Phi) is 4.72. The minimum absolute atomic E-state index is 0.297. The van der Waals surface area contributed by atoms with Gasteiger partial charge in [0, 0.05) is 22.9 Å². The van der Waals surface area contributed by atoms with E-state index in [-0.39, 0.29) is 5.82 Å². The lowest BCUT2D eigenvalue weighted by molar-refractivity contribution is 0.626. The molecule has 2 aromatic rings. The van der Waals surface area contributed by atoms with E-state index in [4.69, 9.17) is 5.41 Å². The lowest BCUT2D eigenvalue weighted by Crippen LogP contribution is -1.89. The molecular weight excluding hydrogens is 297 g/mol. The highest BCUT2D eigenvalue weighted by Crippen LogP contribution is 2.22. The van der Waals surface area contributed by atoms with Gasteiger partial charge in [0.25, 0.3) is 0 Å². The Morgan fingerprint density at radius 1 is 0.958 bits per heavy atom. The third-order valence-electron chi connectivity index (χ3n) is 4.10. The first kappa shape index (κ1) is 16.0. The second-order valence-electron chi connectivity index (χ2n) is 5.91. The van der Waals surface area contributed by atoms with Crippen LogP contribution in [0.3, 0.4) is 0 Å². The first-order chi connectivity index (χ1) is 11.7. The molecule has 24 heavy (non-hydrogen) atoms. The van der Waals surface area contributed by atoms with E-state index >= 15 is 0 Å². The van der Waals surface area contributed by atoms with Crippen LogP contribution in [0.25, 0.3) is 11.1 Å². The fraction of sp³-hybridized carbons (Fsp3) is 0.136. The van der Waals surface area contributed by atoms with Crippen LogP contribution in [0, 0.1) is 23.1 Å². The maximum Gasteiger partial charge on any atom is 0.132 e. The average molecular weight is 315 g/mol. The summed E-state index contributed by atoms with van der Waals surface area (Å²) in [6, 6.07) is 12.7. The number of hydrogen-bond donors (Lipinski definition) is 1. The summed E-state index contributed by atoms with van der Waals surface area (Å²) in [4.78, 5) is 0. The van der Waals surface area contributed by atoms with Crippen molar-refractivity contribution in [3.63, 3.8) is 0 Å². The number of rotatable bonds is 2. The molecule has 1 aliphatic rings. The number of benzene rings is 2. The number of nitrogens with one attached hydrogen (secondary N) is 1. The molecule has 0 saturated carbocycles. The summed E-state index contributed by atoms with van der Waals surface area (Å²) in [5, 5.41) is 7.14. The molecule has 0 aliphatic heterocycles. The lowest BCUT2D eigenvalue weighted by Gasteiger charge is -2.06. The fourth-order valence-electron chi connectivity index (χ4n) is 2.57. The highest BCUT2D eigenvalue weighted by atomic mass is 19.1. The monoisotopic (exact) mass is 315 g/mol. The van der Waals surface area contributed by atoms with Gasteiger partial charge in [-0.25, -0.2) is 4.39 Å². The molecule has 0 radical (unpaired) electrons. The zero-order valence-corrected chi connectivity index (χ0v) is 13.6. The highest BCUT2D eigenvalue weighted by molar-refractivity contribution is 5.79. The molecule has 0 saturated heterocycles. The largest absolute Gasteiger partial charge is 0.308 e. The van der Waals surface area contributed by atoms with Crippen molar-refractivity contribution in [2.45, 2.75) is 19.8 Å². The zero-order valence-electron chi connectivity index (χ0n) is 13.6. The third-order valence-corrected chi connectivity index (χ3v) is 4.10. The summed E-state index contributed by atoms with van der Waals surface area (Å²) in [7, 11) is 0. The number of hydrogen-bond acceptors (Lipinski definition) is 1. The summed E-state index contributed by atoms with van der Waals surface area (Å²) >= 11 is 0. The van der Waals surface area contributed by atoms with Crippen molar-refractivity contribution in [1.82, 2.24) is 0 Å². The molecule has 1 nitrogen and oxygen atoms in total. The van der Waals surface area contributed by atoms with Crippen molar-refractivity contribution < 1.29 is 4.39 Å². The molecule has 2 aromatic carbocycles. The van der Waals surface area contributed by atoms with E-state index in [1.165, 1.54) is 11.6 Å². The predicted octanol–water partition coefficient (Wildman–Crippen LogP) is 5.51. The van der Waals surface area contributed by atoms with Crippen LogP contribution in [0.5, 0.6) is 0 Å². The quantitative estimate of drug-likeness (QED) is 0.558. The summed E-state index contributed by atoms with van der Waals surface area (Å²) in [6.45, 7) is 2.14. The van der Waals surface area contributed by atoms with Gasteiger partial charge in [0.05, 0.1) is 0 Å². The van der Waals surface area contributed by atoms with Crippen LogP contribution in [-0.4, -0.2) is 6.21 Å². The standard InChI is InChI=1S/C22H18FN/c1-16-2-4-17(5-3-16)6-7-18-8-10-19(11-9-18)20-12-13-21(15-24)22(23)14-20/h2,4,8-15,24H,3,5H2,1H3. The zero-order chi connectivity index (χ0) is 16.9. The van der Waals surface area contributed by atoms with Crippen LogP contribution in [0.2, 0.25) is 0 Å². The normalized spacial score (nSPS) is 13.4. The second kappa shape index (κ2) is 7.10. The Bertz CT molecular complexity index is 890. The predicted molar refractivity (Wildman–Crippen MR) is 97.7 cm³/mol. The molecule has 0 unspecified atom stereocenters. The Morgan fingerprint density at radius 2 is 1.71 bits per heavy atom. The van der Waals surface area contributed by atoms with Gasteiger partial charge in [-0.1, -0.05) is 47.8 Å². The summed E-state index contributed by atoms with van der Waals surface area (Å²) in [6.07, 6.45) is 7.33. The number of allylic oxidation sites excluding steroid dienone is 4. The molecule has 0 atom stereocenters. The first-order valence-corrected chi connectivity index (χ1v) is 7.94. The van der Waals surface area contributed by atoms with Crippen molar-refractivity contribution in [2.75, 3.05) is 0 Å². The Balaban J connectivity index is 1.79. The highest BCUT2D eigenvalue weighted by Gasteiger charge is 2.04. The second-order valence-corrected chi connectivity index (χ2v) is 5.91. The maximum atomic E-state index is 13.8. The molecule has 2 heteroatoms. The van der Waals surface area contributed by atoms with Crippen molar-refractivity contribution in [3.05, 3.63) is 82.7 Å². The van der Waals surface area contributed by atoms with Crippen LogP contribution in [0.15, 0.2) is 65.8 Å². The van der Waals surface area contributed by atoms with E-state index in [9.17, 15) is 4.39 Å². The molecule has 0 bridgehead atoms. The van der Waals surface area contributed by atoms with Crippen molar-refractivity contribution in [2.24, 2.45) is 0 Å². The van der Waals surface area contributed by atoms with Crippen molar-refractivity contribution >= 4 is 6.21 Å². The van der Waals surface area contributed by atoms with E-state index in [0.29, 0.717) is 5.56 Å². The molecule has 0 fully saturated rings.